The van der Waals surface area contributed by atoms with Gasteiger partial charge >= 0.3 is 0 Å². The molecule has 3 aromatic rings. The molecule has 2 saturated heterocycles. The van der Waals surface area contributed by atoms with Crippen LogP contribution in [0.2, 0.25) is 0 Å². The summed E-state index contributed by atoms with van der Waals surface area (Å²) in [5, 5.41) is 3.12. The molecule has 0 saturated carbocycles. The largest absolute Gasteiger partial charge is 0.324 e. The van der Waals surface area contributed by atoms with Crippen molar-refractivity contribution in [2.75, 3.05) is 11.9 Å². The number of carbonyl (C=O) groups is 2. The summed E-state index contributed by atoms with van der Waals surface area (Å²) in [7, 11) is 0. The summed E-state index contributed by atoms with van der Waals surface area (Å²) < 4.78 is 0. The van der Waals surface area contributed by atoms with E-state index in [-0.39, 0.29) is 23.7 Å². The van der Waals surface area contributed by atoms with E-state index < -0.39 is 11.5 Å². The van der Waals surface area contributed by atoms with Gasteiger partial charge in [0.2, 0.25) is 5.91 Å². The van der Waals surface area contributed by atoms with Crippen LogP contribution in [0, 0.1) is 5.92 Å². The molecule has 1 N–H and O–H groups in total. The minimum Gasteiger partial charge on any atom is -0.324 e. The lowest BCUT2D eigenvalue weighted by molar-refractivity contribution is -0.127. The second-order valence-electron chi connectivity index (χ2n) is 8.81. The maximum Gasteiger partial charge on any atom is 0.250 e. The first kappa shape index (κ1) is 18.5. The van der Waals surface area contributed by atoms with Crippen LogP contribution >= 0.6 is 0 Å². The van der Waals surface area contributed by atoms with Crippen molar-refractivity contribution in [1.82, 2.24) is 4.90 Å². The summed E-state index contributed by atoms with van der Waals surface area (Å²) in [5.74, 6) is -0.524. The van der Waals surface area contributed by atoms with Crippen LogP contribution in [0.25, 0.3) is 0 Å². The number of Topliss-reactive ketones (excluding diaryl/α,β-unsaturated/α-hetero) is 1. The van der Waals surface area contributed by atoms with Gasteiger partial charge in [0.25, 0.3) is 0 Å². The van der Waals surface area contributed by atoms with E-state index in [0.717, 1.165) is 36.2 Å². The van der Waals surface area contributed by atoms with E-state index in [2.05, 4.69) is 22.3 Å². The molecule has 0 radical (unpaired) electrons. The Morgan fingerprint density at radius 1 is 0.903 bits per heavy atom. The van der Waals surface area contributed by atoms with Crippen LogP contribution in [0.5, 0.6) is 0 Å². The fourth-order valence-electron chi connectivity index (χ4n) is 6.35. The predicted molar refractivity (Wildman–Crippen MR) is 120 cm³/mol. The number of hydrogen-bond acceptors (Lipinski definition) is 3. The van der Waals surface area contributed by atoms with Crippen LogP contribution in [0.15, 0.2) is 84.9 Å². The molecule has 3 aliphatic heterocycles. The van der Waals surface area contributed by atoms with Gasteiger partial charge in [0.1, 0.15) is 5.54 Å². The fourth-order valence-corrected chi connectivity index (χ4v) is 6.35. The number of para-hydroxylation sites is 1. The zero-order valence-electron chi connectivity index (χ0n) is 17.2. The van der Waals surface area contributed by atoms with Crippen molar-refractivity contribution in [3.05, 3.63) is 102 Å². The van der Waals surface area contributed by atoms with E-state index in [1.807, 2.05) is 72.8 Å². The molecule has 1 spiro atoms. The molecule has 2 fully saturated rings. The minimum absolute atomic E-state index is 0.0340. The third-order valence-electron chi connectivity index (χ3n) is 7.43. The Bertz CT molecular complexity index is 1160. The first-order valence-corrected chi connectivity index (χ1v) is 11.0. The Morgan fingerprint density at radius 3 is 2.35 bits per heavy atom. The molecule has 0 aliphatic carbocycles. The molecule has 31 heavy (non-hydrogen) atoms. The molecule has 1 amide bonds. The van der Waals surface area contributed by atoms with Gasteiger partial charge in [0.05, 0.1) is 5.92 Å². The maximum atomic E-state index is 14.2. The van der Waals surface area contributed by atoms with Gasteiger partial charge in [-0.2, -0.15) is 0 Å². The zero-order valence-corrected chi connectivity index (χ0v) is 17.2. The number of nitrogens with zero attached hydrogens (tertiary/aromatic N) is 1. The second kappa shape index (κ2) is 6.89. The lowest BCUT2D eigenvalue weighted by Crippen LogP contribution is -2.52. The first-order valence-electron chi connectivity index (χ1n) is 11.0. The highest BCUT2D eigenvalue weighted by Crippen LogP contribution is 2.61. The molecular weight excluding hydrogens is 384 g/mol. The van der Waals surface area contributed by atoms with Gasteiger partial charge in [0.15, 0.2) is 5.78 Å². The lowest BCUT2D eigenvalue weighted by Gasteiger charge is -2.36. The van der Waals surface area contributed by atoms with Gasteiger partial charge in [-0.25, -0.2) is 0 Å². The van der Waals surface area contributed by atoms with Gasteiger partial charge in [-0.1, -0.05) is 78.9 Å². The molecule has 3 aliphatic rings. The van der Waals surface area contributed by atoms with Crippen LogP contribution in [0.3, 0.4) is 0 Å². The summed E-state index contributed by atoms with van der Waals surface area (Å²) in [6.07, 6.45) is 2.03. The number of hydrogen-bond donors (Lipinski definition) is 1. The Labute approximate surface area is 181 Å². The van der Waals surface area contributed by atoms with Gasteiger partial charge in [-0.05, 0) is 31.0 Å². The number of ketones is 1. The molecule has 0 unspecified atom stereocenters. The fraction of sp³-hybridized carbons (Fsp3) is 0.259. The molecule has 3 heterocycles. The average Bonchev–Trinajstić information content (AvgIpc) is 3.48. The third-order valence-corrected chi connectivity index (χ3v) is 7.43. The number of benzene rings is 3. The number of anilines is 1. The summed E-state index contributed by atoms with van der Waals surface area (Å²) in [4.78, 5) is 30.3. The standard InChI is InChI=1S/C27H24N2O2/c30-25(19-12-5-2-6-13-19)24-23(18-10-3-1-4-11-18)22-16-9-17-29(22)27(24)20-14-7-8-15-21(20)28-26(27)31/h1-8,10-15,22-24H,9,16-17H2,(H,28,31)/t22-,23-,24-,27+/m0/s1. The van der Waals surface area contributed by atoms with E-state index in [0.29, 0.717) is 5.56 Å². The Kier molecular flexibility index (Phi) is 4.12. The molecule has 0 bridgehead atoms. The van der Waals surface area contributed by atoms with E-state index in [4.69, 9.17) is 0 Å². The van der Waals surface area contributed by atoms with E-state index in [9.17, 15) is 9.59 Å². The highest BCUT2D eigenvalue weighted by atomic mass is 16.2. The van der Waals surface area contributed by atoms with E-state index in [1.54, 1.807) is 0 Å². The second-order valence-corrected chi connectivity index (χ2v) is 8.81. The third kappa shape index (κ3) is 2.45. The number of rotatable bonds is 3. The van der Waals surface area contributed by atoms with Crippen molar-refractivity contribution < 1.29 is 9.59 Å². The van der Waals surface area contributed by atoms with E-state index >= 15 is 0 Å². The average molecular weight is 409 g/mol. The van der Waals surface area contributed by atoms with Crippen molar-refractivity contribution in [2.45, 2.75) is 30.3 Å². The lowest BCUT2D eigenvalue weighted by atomic mass is 9.69. The number of fused-ring (bicyclic) bond motifs is 4. The SMILES string of the molecule is O=C(c1ccccc1)[C@@H]1[C@@H](c2ccccc2)[C@@H]2CCCN2[C@@]12C(=O)Nc1ccccc12. The number of carbonyl (C=O) groups excluding carboxylic acids is 2. The predicted octanol–water partition coefficient (Wildman–Crippen LogP) is 4.59. The highest BCUT2D eigenvalue weighted by Gasteiger charge is 2.69. The molecule has 4 heteroatoms. The van der Waals surface area contributed by atoms with Crippen molar-refractivity contribution in [2.24, 2.45) is 5.92 Å². The van der Waals surface area contributed by atoms with Crippen LogP contribution in [0.1, 0.15) is 40.2 Å². The Balaban J connectivity index is 1.62. The molecule has 6 rings (SSSR count). The topological polar surface area (TPSA) is 49.4 Å². The van der Waals surface area contributed by atoms with Crippen molar-refractivity contribution >= 4 is 17.4 Å². The van der Waals surface area contributed by atoms with Crippen LogP contribution in [0.4, 0.5) is 5.69 Å². The monoisotopic (exact) mass is 408 g/mol. The molecule has 154 valence electrons. The van der Waals surface area contributed by atoms with Gasteiger partial charge in [0, 0.05) is 28.8 Å². The van der Waals surface area contributed by atoms with Crippen LogP contribution in [-0.4, -0.2) is 29.2 Å². The van der Waals surface area contributed by atoms with Crippen molar-refractivity contribution in [3.63, 3.8) is 0 Å². The van der Waals surface area contributed by atoms with Gasteiger partial charge in [-0.15, -0.1) is 0 Å². The minimum atomic E-state index is -0.967. The first-order chi connectivity index (χ1) is 15.2. The van der Waals surface area contributed by atoms with Crippen molar-refractivity contribution in [3.8, 4) is 0 Å². The van der Waals surface area contributed by atoms with E-state index in [1.165, 1.54) is 0 Å². The highest BCUT2D eigenvalue weighted by molar-refractivity contribution is 6.12. The summed E-state index contributed by atoms with van der Waals surface area (Å²) in [6, 6.07) is 27.8. The van der Waals surface area contributed by atoms with Gasteiger partial charge < -0.3 is 5.32 Å². The summed E-state index contributed by atoms with van der Waals surface area (Å²) >= 11 is 0. The normalized spacial score (nSPS) is 29.0. The molecule has 3 aromatic carbocycles. The molecule has 4 atom stereocenters. The molecular formula is C27H24N2O2. The van der Waals surface area contributed by atoms with Crippen molar-refractivity contribution in [1.29, 1.82) is 0 Å². The van der Waals surface area contributed by atoms with Gasteiger partial charge in [-0.3, -0.25) is 14.5 Å². The summed E-state index contributed by atoms with van der Waals surface area (Å²) in [5.41, 5.74) is 2.62. The van der Waals surface area contributed by atoms with Crippen LogP contribution < -0.4 is 5.32 Å². The Hall–Kier alpha value is -3.24. The molecule has 4 nitrogen and oxygen atoms in total. The smallest absolute Gasteiger partial charge is 0.250 e. The number of nitrogens with one attached hydrogen (secondary N) is 1. The molecule has 0 aromatic heterocycles. The maximum absolute atomic E-state index is 14.2. The quantitative estimate of drug-likeness (QED) is 0.645. The summed E-state index contributed by atoms with van der Waals surface area (Å²) in [6.45, 7) is 0.828. The Morgan fingerprint density at radius 2 is 1.58 bits per heavy atom. The zero-order chi connectivity index (χ0) is 21.0. The number of amides is 1. The van der Waals surface area contributed by atoms with Crippen LogP contribution in [-0.2, 0) is 10.3 Å².